The average molecular weight is 324 g/mol. The molecule has 0 radical (unpaired) electrons. The smallest absolute Gasteiger partial charge is 0.280 e. The number of benzene rings is 2. The lowest BCUT2D eigenvalue weighted by Crippen LogP contribution is -1.98. The minimum atomic E-state index is -0.550. The highest BCUT2D eigenvalue weighted by Crippen LogP contribution is 2.33. The molecule has 3 aromatic rings. The van der Waals surface area contributed by atoms with Gasteiger partial charge in [0.05, 0.1) is 22.7 Å². The Labute approximate surface area is 137 Å². The van der Waals surface area contributed by atoms with Crippen molar-refractivity contribution in [3.63, 3.8) is 0 Å². The molecule has 0 unspecified atom stereocenters. The van der Waals surface area contributed by atoms with Gasteiger partial charge in [-0.05, 0) is 23.8 Å². The Hall–Kier alpha value is -3.28. The van der Waals surface area contributed by atoms with Crippen LogP contribution in [0.5, 0.6) is 5.75 Å². The molecule has 2 aromatic carbocycles. The summed E-state index contributed by atoms with van der Waals surface area (Å²) >= 11 is 0. The Morgan fingerprint density at radius 2 is 1.88 bits per heavy atom. The first-order valence-corrected chi connectivity index (χ1v) is 7.19. The molecule has 0 aliphatic rings. The van der Waals surface area contributed by atoms with Crippen molar-refractivity contribution in [3.8, 4) is 16.9 Å². The maximum Gasteiger partial charge on any atom is 0.280 e. The summed E-state index contributed by atoms with van der Waals surface area (Å²) in [7, 11) is 0. The van der Waals surface area contributed by atoms with Crippen LogP contribution in [0.1, 0.15) is 5.56 Å². The molecule has 6 heteroatoms. The Bertz CT molecular complexity index is 869. The summed E-state index contributed by atoms with van der Waals surface area (Å²) in [6.07, 6.45) is 2.43. The molecule has 5 nitrogen and oxygen atoms in total. The van der Waals surface area contributed by atoms with Crippen LogP contribution in [0, 0.1) is 15.9 Å². The van der Waals surface area contributed by atoms with Gasteiger partial charge in [-0.15, -0.1) is 0 Å². The Morgan fingerprint density at radius 3 is 2.58 bits per heavy atom. The van der Waals surface area contributed by atoms with Crippen LogP contribution in [-0.2, 0) is 6.61 Å². The van der Waals surface area contributed by atoms with E-state index in [4.69, 9.17) is 4.74 Å². The lowest BCUT2D eigenvalue weighted by Gasteiger charge is -2.08. The van der Waals surface area contributed by atoms with E-state index in [0.717, 1.165) is 11.8 Å². The second-order valence-electron chi connectivity index (χ2n) is 5.10. The number of nitro benzene ring substituents is 1. The number of ether oxygens (including phenoxy) is 1. The van der Waals surface area contributed by atoms with Gasteiger partial charge in [0.2, 0.25) is 0 Å². The summed E-state index contributed by atoms with van der Waals surface area (Å²) in [6.45, 7) is 0.304. The molecule has 0 amide bonds. The van der Waals surface area contributed by atoms with Crippen LogP contribution in [0.25, 0.3) is 11.1 Å². The number of pyridine rings is 1. The number of nitro groups is 1. The first-order chi connectivity index (χ1) is 11.6. The van der Waals surface area contributed by atoms with E-state index in [1.807, 2.05) is 30.3 Å². The topological polar surface area (TPSA) is 65.3 Å². The molecule has 0 fully saturated rings. The van der Waals surface area contributed by atoms with E-state index in [9.17, 15) is 14.5 Å². The quantitative estimate of drug-likeness (QED) is 0.516. The third-order valence-electron chi connectivity index (χ3n) is 3.43. The van der Waals surface area contributed by atoms with Gasteiger partial charge in [-0.25, -0.2) is 4.39 Å². The minimum Gasteiger partial charge on any atom is -0.489 e. The molecule has 0 atom stereocenters. The molecule has 0 saturated heterocycles. The van der Waals surface area contributed by atoms with E-state index in [2.05, 4.69) is 4.98 Å². The molecule has 0 aliphatic carbocycles. The fraction of sp³-hybridized carbons (Fsp3) is 0.0556. The summed E-state index contributed by atoms with van der Waals surface area (Å²) in [5.74, 6) is -0.176. The van der Waals surface area contributed by atoms with Gasteiger partial charge in [0.1, 0.15) is 18.2 Å². The predicted molar refractivity (Wildman–Crippen MR) is 87.1 cm³/mol. The average Bonchev–Trinajstić information content (AvgIpc) is 2.60. The molecule has 120 valence electrons. The zero-order valence-electron chi connectivity index (χ0n) is 12.6. The maximum absolute atomic E-state index is 13.3. The highest BCUT2D eigenvalue weighted by molar-refractivity contribution is 5.74. The van der Waals surface area contributed by atoms with Gasteiger partial charge in [-0.2, -0.15) is 0 Å². The number of hydrogen-bond acceptors (Lipinski definition) is 4. The van der Waals surface area contributed by atoms with E-state index in [0.29, 0.717) is 23.5 Å². The Balaban J connectivity index is 1.89. The fourth-order valence-electron chi connectivity index (χ4n) is 2.30. The van der Waals surface area contributed by atoms with Crippen molar-refractivity contribution in [2.24, 2.45) is 0 Å². The first-order valence-electron chi connectivity index (χ1n) is 7.19. The van der Waals surface area contributed by atoms with Gasteiger partial charge in [-0.3, -0.25) is 15.1 Å². The van der Waals surface area contributed by atoms with Crippen LogP contribution >= 0.6 is 0 Å². The molecule has 24 heavy (non-hydrogen) atoms. The molecule has 0 bridgehead atoms. The minimum absolute atomic E-state index is 0.159. The van der Waals surface area contributed by atoms with Crippen molar-refractivity contribution in [3.05, 3.63) is 88.5 Å². The monoisotopic (exact) mass is 324 g/mol. The predicted octanol–water partition coefficient (Wildman–Crippen LogP) is 4.37. The van der Waals surface area contributed by atoms with Gasteiger partial charge in [0, 0.05) is 11.8 Å². The van der Waals surface area contributed by atoms with Gasteiger partial charge >= 0.3 is 0 Å². The summed E-state index contributed by atoms with van der Waals surface area (Å²) < 4.78 is 18.9. The summed E-state index contributed by atoms with van der Waals surface area (Å²) in [5.41, 5.74) is 1.43. The first kappa shape index (κ1) is 15.6. The molecular weight excluding hydrogens is 311 g/mol. The molecule has 0 saturated carbocycles. The maximum atomic E-state index is 13.3. The van der Waals surface area contributed by atoms with Crippen LogP contribution in [-0.4, -0.2) is 9.91 Å². The van der Waals surface area contributed by atoms with Crippen LogP contribution in [0.15, 0.2) is 67.0 Å². The van der Waals surface area contributed by atoms with Crippen molar-refractivity contribution in [1.29, 1.82) is 0 Å². The molecule has 1 heterocycles. The SMILES string of the molecule is O=[N+]([O-])c1cc(OCc2ccccc2)ccc1-c1cncc(F)c1. The number of rotatable bonds is 5. The summed E-state index contributed by atoms with van der Waals surface area (Å²) in [5, 5.41) is 11.3. The van der Waals surface area contributed by atoms with E-state index in [-0.39, 0.29) is 5.69 Å². The van der Waals surface area contributed by atoms with Crippen LogP contribution in [0.2, 0.25) is 0 Å². The van der Waals surface area contributed by atoms with Crippen molar-refractivity contribution < 1.29 is 14.1 Å². The number of hydrogen-bond donors (Lipinski definition) is 0. The molecule has 0 aliphatic heterocycles. The van der Waals surface area contributed by atoms with Gasteiger partial charge < -0.3 is 4.74 Å². The lowest BCUT2D eigenvalue weighted by molar-refractivity contribution is -0.384. The normalized spacial score (nSPS) is 10.4. The zero-order chi connectivity index (χ0) is 16.9. The fourth-order valence-corrected chi connectivity index (χ4v) is 2.30. The molecular formula is C18H13FN2O3. The van der Waals surface area contributed by atoms with E-state index >= 15 is 0 Å². The molecule has 0 spiro atoms. The number of halogens is 1. The second kappa shape index (κ2) is 6.87. The molecule has 3 rings (SSSR count). The Morgan fingerprint density at radius 1 is 1.08 bits per heavy atom. The van der Waals surface area contributed by atoms with E-state index < -0.39 is 10.7 Å². The van der Waals surface area contributed by atoms with Crippen molar-refractivity contribution >= 4 is 5.69 Å². The van der Waals surface area contributed by atoms with Gasteiger partial charge in [-0.1, -0.05) is 30.3 Å². The van der Waals surface area contributed by atoms with Crippen LogP contribution in [0.3, 0.4) is 0 Å². The highest BCUT2D eigenvalue weighted by Gasteiger charge is 2.17. The van der Waals surface area contributed by atoms with Gasteiger partial charge in [0.25, 0.3) is 5.69 Å². The van der Waals surface area contributed by atoms with Crippen molar-refractivity contribution in [2.45, 2.75) is 6.61 Å². The van der Waals surface area contributed by atoms with Crippen molar-refractivity contribution in [2.75, 3.05) is 0 Å². The van der Waals surface area contributed by atoms with Crippen LogP contribution in [0.4, 0.5) is 10.1 Å². The van der Waals surface area contributed by atoms with E-state index in [1.165, 1.54) is 24.4 Å². The molecule has 1 aromatic heterocycles. The Kier molecular flexibility index (Phi) is 4.47. The third kappa shape index (κ3) is 3.55. The lowest BCUT2D eigenvalue weighted by atomic mass is 10.1. The van der Waals surface area contributed by atoms with Gasteiger partial charge in [0.15, 0.2) is 0 Å². The van der Waals surface area contributed by atoms with Crippen LogP contribution < -0.4 is 4.74 Å². The van der Waals surface area contributed by atoms with E-state index in [1.54, 1.807) is 6.07 Å². The zero-order valence-corrected chi connectivity index (χ0v) is 12.6. The summed E-state index contributed by atoms with van der Waals surface area (Å²) in [6, 6.07) is 15.2. The second-order valence-corrected chi connectivity index (χ2v) is 5.10. The highest BCUT2D eigenvalue weighted by atomic mass is 19.1. The van der Waals surface area contributed by atoms with Crippen molar-refractivity contribution in [1.82, 2.24) is 4.98 Å². The third-order valence-corrected chi connectivity index (χ3v) is 3.43. The summed E-state index contributed by atoms with van der Waals surface area (Å²) in [4.78, 5) is 14.6. The number of aromatic nitrogens is 1. The largest absolute Gasteiger partial charge is 0.489 e. The standard InChI is InChI=1S/C18H13FN2O3/c19-15-8-14(10-20-11-15)17-7-6-16(9-18(17)21(22)23)24-12-13-4-2-1-3-5-13/h1-11H,12H2. The molecule has 0 N–H and O–H groups in total. The number of nitrogens with zero attached hydrogens (tertiary/aromatic N) is 2.